The van der Waals surface area contributed by atoms with Crippen molar-refractivity contribution in [3.63, 3.8) is 0 Å². The highest BCUT2D eigenvalue weighted by Gasteiger charge is 2.13. The predicted octanol–water partition coefficient (Wildman–Crippen LogP) is 1.58. The highest BCUT2D eigenvalue weighted by atomic mass is 16.5. The van der Waals surface area contributed by atoms with E-state index in [0.717, 1.165) is 25.4 Å². The van der Waals surface area contributed by atoms with Gasteiger partial charge in [0, 0.05) is 6.54 Å². The molecule has 1 fully saturated rings. The van der Waals surface area contributed by atoms with Gasteiger partial charge in [0.1, 0.15) is 11.5 Å². The Morgan fingerprint density at radius 3 is 2.62 bits per heavy atom. The average Bonchev–Trinajstić information content (AvgIpc) is 2.53. The van der Waals surface area contributed by atoms with Gasteiger partial charge >= 0.3 is 0 Å². The van der Waals surface area contributed by atoms with Gasteiger partial charge in [-0.2, -0.15) is 0 Å². The van der Waals surface area contributed by atoms with Crippen molar-refractivity contribution in [1.29, 1.82) is 0 Å². The van der Waals surface area contributed by atoms with Crippen molar-refractivity contribution in [2.45, 2.75) is 19.8 Å². The molecule has 5 heteroatoms. The molecular weight excluding hydrogens is 268 g/mol. The molecule has 1 aromatic carbocycles. The minimum absolute atomic E-state index is 0.0497. The number of hydrogen-bond donors (Lipinski definition) is 2. The van der Waals surface area contributed by atoms with E-state index in [4.69, 9.17) is 9.47 Å². The monoisotopic (exact) mass is 292 g/mol. The van der Waals surface area contributed by atoms with Gasteiger partial charge in [-0.3, -0.25) is 4.79 Å². The Kier molecular flexibility index (Phi) is 6.34. The van der Waals surface area contributed by atoms with Crippen molar-refractivity contribution >= 4 is 5.91 Å². The Hall–Kier alpha value is -1.75. The zero-order valence-electron chi connectivity index (χ0n) is 12.6. The number of ether oxygens (including phenoxy) is 2. The van der Waals surface area contributed by atoms with Gasteiger partial charge in [0.2, 0.25) is 0 Å². The van der Waals surface area contributed by atoms with E-state index >= 15 is 0 Å². The summed E-state index contributed by atoms with van der Waals surface area (Å²) in [4.78, 5) is 11.7. The van der Waals surface area contributed by atoms with Crippen molar-refractivity contribution in [1.82, 2.24) is 10.6 Å². The molecule has 21 heavy (non-hydrogen) atoms. The Morgan fingerprint density at radius 2 is 2.00 bits per heavy atom. The smallest absolute Gasteiger partial charge is 0.257 e. The quantitative estimate of drug-likeness (QED) is 0.801. The van der Waals surface area contributed by atoms with Crippen LogP contribution in [-0.4, -0.2) is 38.8 Å². The molecule has 1 amide bonds. The van der Waals surface area contributed by atoms with Gasteiger partial charge in [-0.15, -0.1) is 0 Å². The molecule has 1 aliphatic heterocycles. The number of rotatable bonds is 7. The largest absolute Gasteiger partial charge is 0.494 e. The van der Waals surface area contributed by atoms with Crippen LogP contribution >= 0.6 is 0 Å². The molecule has 0 bridgehead atoms. The maximum absolute atomic E-state index is 11.7. The topological polar surface area (TPSA) is 59.6 Å². The second-order valence-corrected chi connectivity index (χ2v) is 5.21. The van der Waals surface area contributed by atoms with Gasteiger partial charge < -0.3 is 20.1 Å². The van der Waals surface area contributed by atoms with Crippen LogP contribution in [0.5, 0.6) is 11.5 Å². The second kappa shape index (κ2) is 8.52. The Labute approximate surface area is 126 Å². The fraction of sp³-hybridized carbons (Fsp3) is 0.562. The van der Waals surface area contributed by atoms with E-state index in [9.17, 15) is 4.79 Å². The third-order valence-corrected chi connectivity index (χ3v) is 3.49. The molecule has 2 N–H and O–H groups in total. The van der Waals surface area contributed by atoms with E-state index in [-0.39, 0.29) is 12.5 Å². The molecule has 0 saturated carbocycles. The lowest BCUT2D eigenvalue weighted by Gasteiger charge is -2.22. The summed E-state index contributed by atoms with van der Waals surface area (Å²) in [7, 11) is 0. The predicted molar refractivity (Wildman–Crippen MR) is 81.7 cm³/mol. The summed E-state index contributed by atoms with van der Waals surface area (Å²) in [5.41, 5.74) is 0. The highest BCUT2D eigenvalue weighted by Crippen LogP contribution is 2.17. The molecule has 0 aliphatic carbocycles. The number of carbonyl (C=O) groups is 1. The fourth-order valence-corrected chi connectivity index (χ4v) is 2.36. The van der Waals surface area contributed by atoms with Crippen molar-refractivity contribution in [2.24, 2.45) is 5.92 Å². The molecule has 1 saturated heterocycles. The molecule has 1 heterocycles. The molecule has 0 radical (unpaired) electrons. The van der Waals surface area contributed by atoms with Crippen LogP contribution in [0.25, 0.3) is 0 Å². The molecule has 2 rings (SSSR count). The zero-order valence-corrected chi connectivity index (χ0v) is 12.6. The summed E-state index contributed by atoms with van der Waals surface area (Å²) in [5, 5.41) is 6.26. The summed E-state index contributed by atoms with van der Waals surface area (Å²) < 4.78 is 10.8. The average molecular weight is 292 g/mol. The first kappa shape index (κ1) is 15.6. The van der Waals surface area contributed by atoms with Crippen LogP contribution in [-0.2, 0) is 4.79 Å². The van der Waals surface area contributed by atoms with E-state index in [1.54, 1.807) is 0 Å². The molecule has 116 valence electrons. The Balaban J connectivity index is 1.65. The standard InChI is InChI=1S/C16H24N2O3/c1-2-20-14-5-7-15(8-6-14)21-12-16(19)18-11-13-4-3-9-17-10-13/h5-8,13,17H,2-4,9-12H2,1H3,(H,18,19). The van der Waals surface area contributed by atoms with Crippen molar-refractivity contribution in [2.75, 3.05) is 32.8 Å². The third kappa shape index (κ3) is 5.63. The highest BCUT2D eigenvalue weighted by molar-refractivity contribution is 5.77. The number of piperidine rings is 1. The minimum Gasteiger partial charge on any atom is -0.494 e. The first-order chi connectivity index (χ1) is 10.3. The van der Waals surface area contributed by atoms with Gasteiger partial charge in [0.25, 0.3) is 5.91 Å². The summed E-state index contributed by atoms with van der Waals surface area (Å²) in [5.74, 6) is 1.94. The summed E-state index contributed by atoms with van der Waals surface area (Å²) in [6.07, 6.45) is 2.36. The molecule has 1 unspecified atom stereocenters. The lowest BCUT2D eigenvalue weighted by Crippen LogP contribution is -2.39. The van der Waals surface area contributed by atoms with Crippen LogP contribution < -0.4 is 20.1 Å². The van der Waals surface area contributed by atoms with E-state index in [1.165, 1.54) is 12.8 Å². The molecule has 0 aromatic heterocycles. The number of carbonyl (C=O) groups excluding carboxylic acids is 1. The number of benzene rings is 1. The molecular formula is C16H24N2O3. The molecule has 0 spiro atoms. The summed E-state index contributed by atoms with van der Waals surface area (Å²) >= 11 is 0. The van der Waals surface area contributed by atoms with E-state index in [1.807, 2.05) is 31.2 Å². The maximum Gasteiger partial charge on any atom is 0.257 e. The molecule has 1 aliphatic rings. The second-order valence-electron chi connectivity index (χ2n) is 5.21. The zero-order chi connectivity index (χ0) is 14.9. The molecule has 5 nitrogen and oxygen atoms in total. The first-order valence-electron chi connectivity index (χ1n) is 7.61. The first-order valence-corrected chi connectivity index (χ1v) is 7.61. The lowest BCUT2D eigenvalue weighted by atomic mass is 10.00. The van der Waals surface area contributed by atoms with Crippen LogP contribution in [0.1, 0.15) is 19.8 Å². The maximum atomic E-state index is 11.7. The summed E-state index contributed by atoms with van der Waals surface area (Å²) in [6.45, 7) is 5.42. The van der Waals surface area contributed by atoms with Crippen LogP contribution in [0.15, 0.2) is 24.3 Å². The van der Waals surface area contributed by atoms with Gasteiger partial charge in [-0.1, -0.05) is 0 Å². The number of amides is 1. The minimum atomic E-state index is -0.0746. The number of hydrogen-bond acceptors (Lipinski definition) is 4. The van der Waals surface area contributed by atoms with Crippen LogP contribution in [0, 0.1) is 5.92 Å². The Morgan fingerprint density at radius 1 is 1.29 bits per heavy atom. The van der Waals surface area contributed by atoms with E-state index in [0.29, 0.717) is 18.3 Å². The molecule has 1 aromatic rings. The van der Waals surface area contributed by atoms with E-state index in [2.05, 4.69) is 10.6 Å². The van der Waals surface area contributed by atoms with Crippen molar-refractivity contribution < 1.29 is 14.3 Å². The normalized spacial score (nSPS) is 18.0. The molecule has 1 atom stereocenters. The van der Waals surface area contributed by atoms with E-state index < -0.39 is 0 Å². The lowest BCUT2D eigenvalue weighted by molar-refractivity contribution is -0.123. The van der Waals surface area contributed by atoms with Gasteiger partial charge in [-0.05, 0) is 63.0 Å². The van der Waals surface area contributed by atoms with Crippen LogP contribution in [0.3, 0.4) is 0 Å². The van der Waals surface area contributed by atoms with Crippen molar-refractivity contribution in [3.05, 3.63) is 24.3 Å². The van der Waals surface area contributed by atoms with Crippen molar-refractivity contribution in [3.8, 4) is 11.5 Å². The van der Waals surface area contributed by atoms with Gasteiger partial charge in [0.05, 0.1) is 6.61 Å². The van der Waals surface area contributed by atoms with Crippen LogP contribution in [0.2, 0.25) is 0 Å². The van der Waals surface area contributed by atoms with Crippen LogP contribution in [0.4, 0.5) is 0 Å². The fourth-order valence-electron chi connectivity index (χ4n) is 2.36. The Bertz CT molecular complexity index is 428. The third-order valence-electron chi connectivity index (χ3n) is 3.49. The van der Waals surface area contributed by atoms with Gasteiger partial charge in [-0.25, -0.2) is 0 Å². The SMILES string of the molecule is CCOc1ccc(OCC(=O)NCC2CCCNC2)cc1. The number of nitrogens with one attached hydrogen (secondary N) is 2. The van der Waals surface area contributed by atoms with Gasteiger partial charge in [0.15, 0.2) is 6.61 Å². The summed E-state index contributed by atoms with van der Waals surface area (Å²) in [6, 6.07) is 7.29.